The van der Waals surface area contributed by atoms with Gasteiger partial charge in [0.2, 0.25) is 5.91 Å². The summed E-state index contributed by atoms with van der Waals surface area (Å²) in [7, 11) is 1.76. The van der Waals surface area contributed by atoms with Gasteiger partial charge in [0.25, 0.3) is 0 Å². The number of likely N-dealkylation sites (tertiary alicyclic amines) is 1. The van der Waals surface area contributed by atoms with Crippen LogP contribution in [0.5, 0.6) is 0 Å². The lowest BCUT2D eigenvalue weighted by molar-refractivity contribution is -0.139. The minimum absolute atomic E-state index is 0. The Balaban J connectivity index is 0.00000392. The zero-order valence-corrected chi connectivity index (χ0v) is 16.4. The molecule has 1 amide bonds. The number of hydrogen-bond donors (Lipinski definition) is 2. The van der Waals surface area contributed by atoms with E-state index in [1.54, 1.807) is 11.9 Å². The van der Waals surface area contributed by atoms with Crippen LogP contribution in [0.2, 0.25) is 0 Å². The molecule has 1 aromatic rings. The molecule has 158 valence electrons. The summed E-state index contributed by atoms with van der Waals surface area (Å²) >= 11 is 0. The van der Waals surface area contributed by atoms with Crippen LogP contribution in [-0.2, 0) is 15.8 Å². The first kappa shape index (κ1) is 24.2. The summed E-state index contributed by atoms with van der Waals surface area (Å²) in [5.41, 5.74) is -1.12. The zero-order chi connectivity index (χ0) is 20.0. The van der Waals surface area contributed by atoms with Gasteiger partial charge in [-0.2, -0.15) is 13.2 Å². The lowest BCUT2D eigenvalue weighted by atomic mass is 10.1. The molecule has 1 unspecified atom stereocenters. The lowest BCUT2D eigenvalue weighted by Gasteiger charge is -2.25. The molecule has 1 heterocycles. The zero-order valence-electron chi connectivity index (χ0n) is 15.5. The predicted octanol–water partition coefficient (Wildman–Crippen LogP) is 2.94. The summed E-state index contributed by atoms with van der Waals surface area (Å²) in [6, 6.07) is 5.01. The lowest BCUT2D eigenvalue weighted by Crippen LogP contribution is -2.37. The van der Waals surface area contributed by atoms with Gasteiger partial charge in [0.05, 0.1) is 24.3 Å². The second-order valence-electron chi connectivity index (χ2n) is 6.76. The summed E-state index contributed by atoms with van der Waals surface area (Å²) in [6.45, 7) is 1.19. The Kier molecular flexibility index (Phi) is 9.19. The summed E-state index contributed by atoms with van der Waals surface area (Å²) in [5, 5.41) is 11.2. The van der Waals surface area contributed by atoms with Gasteiger partial charge < -0.3 is 10.4 Å². The second kappa shape index (κ2) is 10.6. The molecule has 0 bridgehead atoms. The van der Waals surface area contributed by atoms with E-state index in [0.717, 1.165) is 18.9 Å². The van der Waals surface area contributed by atoms with E-state index in [-0.39, 0.29) is 37.2 Å². The summed E-state index contributed by atoms with van der Waals surface area (Å²) < 4.78 is 39.0. The monoisotopic (exact) mass is 423 g/mol. The molecule has 0 radical (unpaired) electrons. The van der Waals surface area contributed by atoms with Crippen LogP contribution in [0.3, 0.4) is 0 Å². The SMILES string of the molecule is CN(CC(=O)O)C1CCCN(CC(=O)Nc2ccccc2C(F)(F)F)CC1.Cl. The van der Waals surface area contributed by atoms with Crippen molar-refractivity contribution in [3.63, 3.8) is 0 Å². The Bertz CT molecular complexity index is 673. The van der Waals surface area contributed by atoms with Gasteiger partial charge in [-0.25, -0.2) is 0 Å². The number of rotatable bonds is 6. The molecular weight excluding hydrogens is 399 g/mol. The number of hydrogen-bond acceptors (Lipinski definition) is 4. The fourth-order valence-electron chi connectivity index (χ4n) is 3.31. The highest BCUT2D eigenvalue weighted by Gasteiger charge is 2.33. The van der Waals surface area contributed by atoms with E-state index in [4.69, 9.17) is 5.11 Å². The summed E-state index contributed by atoms with van der Waals surface area (Å²) in [5.74, 6) is -1.38. The Hall–Kier alpha value is -1.84. The molecule has 1 atom stereocenters. The summed E-state index contributed by atoms with van der Waals surface area (Å²) in [4.78, 5) is 26.7. The van der Waals surface area contributed by atoms with E-state index in [1.165, 1.54) is 18.2 Å². The molecule has 0 saturated carbocycles. The molecular formula is C18H25ClF3N3O3. The minimum Gasteiger partial charge on any atom is -0.480 e. The Morgan fingerprint density at radius 1 is 1.25 bits per heavy atom. The topological polar surface area (TPSA) is 72.9 Å². The first-order chi connectivity index (χ1) is 12.7. The molecule has 0 aromatic heterocycles. The number of nitrogens with one attached hydrogen (secondary N) is 1. The second-order valence-corrected chi connectivity index (χ2v) is 6.76. The number of halogens is 4. The van der Waals surface area contributed by atoms with Crippen molar-refractivity contribution in [3.8, 4) is 0 Å². The number of benzene rings is 1. The van der Waals surface area contributed by atoms with Gasteiger partial charge in [-0.3, -0.25) is 19.4 Å². The fourth-order valence-corrected chi connectivity index (χ4v) is 3.31. The maximum absolute atomic E-state index is 13.0. The Morgan fingerprint density at radius 2 is 1.93 bits per heavy atom. The first-order valence-corrected chi connectivity index (χ1v) is 8.77. The largest absolute Gasteiger partial charge is 0.480 e. The molecule has 1 fully saturated rings. The number of anilines is 1. The van der Waals surface area contributed by atoms with Crippen molar-refractivity contribution >= 4 is 30.0 Å². The number of carbonyl (C=O) groups excluding carboxylic acids is 1. The first-order valence-electron chi connectivity index (χ1n) is 8.77. The number of aliphatic carboxylic acids is 1. The fraction of sp³-hybridized carbons (Fsp3) is 0.556. The average Bonchev–Trinajstić information content (AvgIpc) is 2.79. The number of carboxylic acid groups (broad SMARTS) is 1. The third-order valence-electron chi connectivity index (χ3n) is 4.67. The normalized spacial score (nSPS) is 18.2. The van der Waals surface area contributed by atoms with Gasteiger partial charge in [0, 0.05) is 12.6 Å². The van der Waals surface area contributed by atoms with Crippen LogP contribution in [0.1, 0.15) is 24.8 Å². The van der Waals surface area contributed by atoms with E-state index < -0.39 is 23.6 Å². The van der Waals surface area contributed by atoms with E-state index in [2.05, 4.69) is 5.32 Å². The van der Waals surface area contributed by atoms with Crippen LogP contribution in [0.15, 0.2) is 24.3 Å². The van der Waals surface area contributed by atoms with Crippen molar-refractivity contribution < 1.29 is 27.9 Å². The van der Waals surface area contributed by atoms with Gasteiger partial charge in [-0.05, 0) is 45.0 Å². The van der Waals surface area contributed by atoms with Crippen molar-refractivity contribution in [1.29, 1.82) is 0 Å². The molecule has 0 spiro atoms. The van der Waals surface area contributed by atoms with E-state index >= 15 is 0 Å². The van der Waals surface area contributed by atoms with Crippen molar-refractivity contribution in [3.05, 3.63) is 29.8 Å². The highest BCUT2D eigenvalue weighted by atomic mass is 35.5. The molecule has 2 N–H and O–H groups in total. The van der Waals surface area contributed by atoms with E-state index in [0.29, 0.717) is 19.5 Å². The third kappa shape index (κ3) is 7.29. The Labute approximate surface area is 168 Å². The number of carboxylic acids is 1. The maximum Gasteiger partial charge on any atom is 0.418 e. The smallest absolute Gasteiger partial charge is 0.418 e. The molecule has 2 rings (SSSR count). The third-order valence-corrected chi connectivity index (χ3v) is 4.67. The van der Waals surface area contributed by atoms with Crippen LogP contribution in [0, 0.1) is 0 Å². The average molecular weight is 424 g/mol. The van der Waals surface area contributed by atoms with Crippen LogP contribution in [-0.4, -0.2) is 66.1 Å². The van der Waals surface area contributed by atoms with Crippen LogP contribution in [0.25, 0.3) is 0 Å². The molecule has 28 heavy (non-hydrogen) atoms. The molecule has 10 heteroatoms. The number of likely N-dealkylation sites (N-methyl/N-ethyl adjacent to an activating group) is 1. The van der Waals surface area contributed by atoms with Gasteiger partial charge in [0.1, 0.15) is 0 Å². The minimum atomic E-state index is -4.53. The number of para-hydroxylation sites is 1. The number of carbonyl (C=O) groups is 2. The van der Waals surface area contributed by atoms with Crippen LogP contribution in [0.4, 0.5) is 18.9 Å². The molecule has 1 aliphatic heterocycles. The van der Waals surface area contributed by atoms with Crippen molar-refractivity contribution in [2.24, 2.45) is 0 Å². The van der Waals surface area contributed by atoms with Crippen molar-refractivity contribution in [1.82, 2.24) is 9.80 Å². The predicted molar refractivity (Wildman–Crippen MR) is 102 cm³/mol. The highest BCUT2D eigenvalue weighted by Crippen LogP contribution is 2.34. The van der Waals surface area contributed by atoms with Gasteiger partial charge in [-0.15, -0.1) is 12.4 Å². The Morgan fingerprint density at radius 3 is 2.57 bits per heavy atom. The van der Waals surface area contributed by atoms with Gasteiger partial charge in [-0.1, -0.05) is 12.1 Å². The molecule has 6 nitrogen and oxygen atoms in total. The van der Waals surface area contributed by atoms with Gasteiger partial charge in [0.15, 0.2) is 0 Å². The number of nitrogens with zero attached hydrogens (tertiary/aromatic N) is 2. The summed E-state index contributed by atoms with van der Waals surface area (Å²) in [6.07, 6.45) is -2.22. The maximum atomic E-state index is 13.0. The van der Waals surface area contributed by atoms with Gasteiger partial charge >= 0.3 is 12.1 Å². The van der Waals surface area contributed by atoms with Crippen molar-refractivity contribution in [2.45, 2.75) is 31.5 Å². The van der Waals surface area contributed by atoms with E-state index in [1.807, 2.05) is 4.90 Å². The van der Waals surface area contributed by atoms with Crippen molar-refractivity contribution in [2.75, 3.05) is 38.5 Å². The standard InChI is InChI=1S/C18H24F3N3O3.ClH/c1-23(12-17(26)27)13-5-4-9-24(10-8-13)11-16(25)22-15-7-3-2-6-14(15)18(19,20)21;/h2-3,6-7,13H,4-5,8-12H2,1H3,(H,22,25)(H,26,27);1H. The highest BCUT2D eigenvalue weighted by molar-refractivity contribution is 5.93. The molecule has 1 saturated heterocycles. The molecule has 1 aromatic carbocycles. The van der Waals surface area contributed by atoms with Crippen LogP contribution < -0.4 is 5.32 Å². The van der Waals surface area contributed by atoms with Crippen LogP contribution >= 0.6 is 12.4 Å². The molecule has 1 aliphatic rings. The molecule has 0 aliphatic carbocycles. The number of amides is 1. The number of alkyl halides is 3. The van der Waals surface area contributed by atoms with E-state index in [9.17, 15) is 22.8 Å². The quantitative estimate of drug-likeness (QED) is 0.736.